The first kappa shape index (κ1) is 17.3. The molecular weight excluding hydrogens is 296 g/mol. The molecule has 1 aliphatic heterocycles. The first-order chi connectivity index (χ1) is 10.4. The summed E-state index contributed by atoms with van der Waals surface area (Å²) >= 11 is 1.74. The van der Waals surface area contributed by atoms with Crippen molar-refractivity contribution >= 4 is 22.8 Å². The number of rotatable bonds is 5. The van der Waals surface area contributed by atoms with Gasteiger partial charge in [-0.15, -0.1) is 0 Å². The maximum atomic E-state index is 10.2. The summed E-state index contributed by atoms with van der Waals surface area (Å²) in [6.07, 6.45) is 5.17. The van der Waals surface area contributed by atoms with Crippen LogP contribution in [-0.2, 0) is 0 Å². The molecule has 0 amide bonds. The van der Waals surface area contributed by atoms with Gasteiger partial charge < -0.3 is 14.9 Å². The van der Waals surface area contributed by atoms with Crippen molar-refractivity contribution in [2.24, 2.45) is 4.99 Å². The predicted octanol–water partition coefficient (Wildman–Crippen LogP) is 2.53. The molecule has 1 heterocycles. The van der Waals surface area contributed by atoms with Gasteiger partial charge in [-0.1, -0.05) is 25.3 Å². The zero-order valence-electron chi connectivity index (χ0n) is 13.9. The van der Waals surface area contributed by atoms with Crippen molar-refractivity contribution in [1.82, 2.24) is 9.80 Å². The number of aliphatic hydroxyl groups is 1. The number of hydrogen-bond donors (Lipinski definition) is 2. The molecule has 6 heteroatoms. The quantitative estimate of drug-likeness (QED) is 0.602. The fraction of sp³-hybridized carbons (Fsp3) is 0.750. The number of thioether (sulfide) groups is 1. The van der Waals surface area contributed by atoms with Crippen LogP contribution in [0.2, 0.25) is 0 Å². The van der Waals surface area contributed by atoms with E-state index in [-0.39, 0.29) is 12.1 Å². The zero-order valence-corrected chi connectivity index (χ0v) is 14.7. The van der Waals surface area contributed by atoms with Gasteiger partial charge >= 0.3 is 0 Å². The molecule has 2 N–H and O–H groups in total. The van der Waals surface area contributed by atoms with Gasteiger partial charge in [-0.3, -0.25) is 5.41 Å². The number of likely N-dealkylation sites (N-methyl/N-ethyl adjacent to an activating group) is 1. The van der Waals surface area contributed by atoms with E-state index in [9.17, 15) is 5.11 Å². The molecule has 22 heavy (non-hydrogen) atoms. The molecule has 2 fully saturated rings. The van der Waals surface area contributed by atoms with Gasteiger partial charge in [0.2, 0.25) is 0 Å². The molecule has 1 saturated heterocycles. The number of nitrogens with one attached hydrogen (secondary N) is 1. The largest absolute Gasteiger partial charge is 0.391 e. The Hall–Kier alpha value is -1.01. The summed E-state index contributed by atoms with van der Waals surface area (Å²) in [7, 11) is 1.84. The maximum absolute atomic E-state index is 10.2. The molecule has 0 aromatic heterocycles. The minimum atomic E-state index is -0.558. The van der Waals surface area contributed by atoms with E-state index in [1.807, 2.05) is 14.0 Å². The third kappa shape index (κ3) is 3.33. The summed E-state index contributed by atoms with van der Waals surface area (Å²) in [6.45, 7) is 8.74. The van der Waals surface area contributed by atoms with Gasteiger partial charge in [0, 0.05) is 19.3 Å². The summed E-state index contributed by atoms with van der Waals surface area (Å²) in [5.41, 5.74) is -0.558. The Morgan fingerprint density at radius 3 is 2.91 bits per heavy atom. The first-order valence-electron chi connectivity index (χ1n) is 8.04. The molecule has 2 rings (SSSR count). The lowest BCUT2D eigenvalue weighted by Crippen LogP contribution is -2.45. The second kappa shape index (κ2) is 7.04. The summed E-state index contributed by atoms with van der Waals surface area (Å²) in [5, 5.41) is 19.6. The standard InChI is InChI=1S/C16H28N4OS/c1-5-16(3,14(17)19(4)6-2)18-15-20(10-11-22-15)12-8-7-9-13(12)21/h6,12-13,17,21H,2,5,7-11H2,1,3-4H3. The lowest BCUT2D eigenvalue weighted by Gasteiger charge is -2.33. The number of hydrogen-bond acceptors (Lipinski definition) is 4. The van der Waals surface area contributed by atoms with E-state index in [0.29, 0.717) is 5.84 Å². The van der Waals surface area contributed by atoms with Gasteiger partial charge in [-0.25, -0.2) is 4.99 Å². The van der Waals surface area contributed by atoms with E-state index < -0.39 is 5.54 Å². The van der Waals surface area contributed by atoms with Crippen molar-refractivity contribution in [3.05, 3.63) is 12.8 Å². The van der Waals surface area contributed by atoms with Crippen LogP contribution in [0.15, 0.2) is 17.8 Å². The van der Waals surface area contributed by atoms with Gasteiger partial charge in [0.15, 0.2) is 5.17 Å². The maximum Gasteiger partial charge on any atom is 0.160 e. The zero-order chi connectivity index (χ0) is 16.3. The van der Waals surface area contributed by atoms with E-state index in [2.05, 4.69) is 18.4 Å². The second-order valence-electron chi connectivity index (χ2n) is 6.27. The Balaban J connectivity index is 2.24. The van der Waals surface area contributed by atoms with Gasteiger partial charge in [0.05, 0.1) is 12.1 Å². The van der Waals surface area contributed by atoms with E-state index >= 15 is 0 Å². The average Bonchev–Trinajstić information content (AvgIpc) is 3.13. The van der Waals surface area contributed by atoms with Crippen molar-refractivity contribution in [3.8, 4) is 0 Å². The van der Waals surface area contributed by atoms with Crippen LogP contribution in [-0.4, -0.2) is 62.9 Å². The highest BCUT2D eigenvalue weighted by molar-refractivity contribution is 8.14. The molecule has 2 aliphatic rings. The molecule has 0 spiro atoms. The Bertz CT molecular complexity index is 467. The van der Waals surface area contributed by atoms with Crippen molar-refractivity contribution in [2.75, 3.05) is 19.3 Å². The van der Waals surface area contributed by atoms with Gasteiger partial charge in [-0.05, 0) is 38.8 Å². The summed E-state index contributed by atoms with van der Waals surface area (Å²) < 4.78 is 0. The van der Waals surface area contributed by atoms with Crippen molar-refractivity contribution in [2.45, 2.75) is 57.2 Å². The van der Waals surface area contributed by atoms with Crippen LogP contribution in [0.5, 0.6) is 0 Å². The lowest BCUT2D eigenvalue weighted by atomic mass is 9.97. The highest BCUT2D eigenvalue weighted by Crippen LogP contribution is 2.32. The van der Waals surface area contributed by atoms with Gasteiger partial charge in [-0.2, -0.15) is 0 Å². The summed E-state index contributed by atoms with van der Waals surface area (Å²) in [4.78, 5) is 8.92. The van der Waals surface area contributed by atoms with Crippen LogP contribution in [0.1, 0.15) is 39.5 Å². The van der Waals surface area contributed by atoms with E-state index in [1.165, 1.54) is 0 Å². The van der Waals surface area contributed by atoms with Crippen molar-refractivity contribution < 1.29 is 5.11 Å². The van der Waals surface area contributed by atoms with Crippen LogP contribution in [0.3, 0.4) is 0 Å². The first-order valence-corrected chi connectivity index (χ1v) is 9.03. The fourth-order valence-electron chi connectivity index (χ4n) is 3.08. The van der Waals surface area contributed by atoms with Crippen LogP contribution in [0, 0.1) is 5.41 Å². The second-order valence-corrected chi connectivity index (χ2v) is 7.33. The third-order valence-corrected chi connectivity index (χ3v) is 5.79. The van der Waals surface area contributed by atoms with E-state index in [0.717, 1.165) is 43.1 Å². The lowest BCUT2D eigenvalue weighted by molar-refractivity contribution is 0.113. The molecule has 1 aliphatic carbocycles. The highest BCUT2D eigenvalue weighted by atomic mass is 32.2. The number of nitrogens with zero attached hydrogens (tertiary/aromatic N) is 3. The number of amidine groups is 2. The number of aliphatic hydroxyl groups excluding tert-OH is 1. The molecule has 1 saturated carbocycles. The minimum absolute atomic E-state index is 0.196. The monoisotopic (exact) mass is 324 g/mol. The Labute approximate surface area is 138 Å². The molecule has 0 bridgehead atoms. The van der Waals surface area contributed by atoms with Crippen molar-refractivity contribution in [3.63, 3.8) is 0 Å². The normalized spacial score (nSPS) is 29.6. The highest BCUT2D eigenvalue weighted by Gasteiger charge is 2.37. The summed E-state index contributed by atoms with van der Waals surface area (Å²) in [5.74, 6) is 1.46. The smallest absolute Gasteiger partial charge is 0.160 e. The van der Waals surface area contributed by atoms with Crippen LogP contribution in [0.4, 0.5) is 0 Å². The summed E-state index contributed by atoms with van der Waals surface area (Å²) in [6, 6.07) is 0.196. The number of aliphatic imine (C=N–C) groups is 1. The predicted molar refractivity (Wildman–Crippen MR) is 94.6 cm³/mol. The van der Waals surface area contributed by atoms with Gasteiger partial charge in [0.1, 0.15) is 11.4 Å². The third-order valence-electron chi connectivity index (χ3n) is 4.82. The van der Waals surface area contributed by atoms with E-state index in [4.69, 9.17) is 10.4 Å². The molecule has 0 aromatic rings. The fourth-order valence-corrected chi connectivity index (χ4v) is 4.21. The van der Waals surface area contributed by atoms with Gasteiger partial charge in [0.25, 0.3) is 0 Å². The Morgan fingerprint density at radius 1 is 1.64 bits per heavy atom. The minimum Gasteiger partial charge on any atom is -0.391 e. The average molecular weight is 324 g/mol. The van der Waals surface area contributed by atoms with Crippen LogP contribution in [0.25, 0.3) is 0 Å². The molecule has 3 atom stereocenters. The Kier molecular flexibility index (Phi) is 5.55. The SMILES string of the molecule is C=CN(C)C(=N)C(C)(CC)N=C1SCCN1C1CCCC1O. The molecule has 5 nitrogen and oxygen atoms in total. The molecule has 0 aromatic carbocycles. The Morgan fingerprint density at radius 2 is 2.36 bits per heavy atom. The molecule has 0 radical (unpaired) electrons. The van der Waals surface area contributed by atoms with Crippen molar-refractivity contribution in [1.29, 1.82) is 5.41 Å². The van der Waals surface area contributed by atoms with Crippen LogP contribution < -0.4 is 0 Å². The molecular formula is C16H28N4OS. The van der Waals surface area contributed by atoms with E-state index in [1.54, 1.807) is 22.9 Å². The van der Waals surface area contributed by atoms with Crippen LogP contribution >= 0.6 is 11.8 Å². The molecule has 3 unspecified atom stereocenters. The molecule has 124 valence electrons. The topological polar surface area (TPSA) is 62.9 Å².